The first-order chi connectivity index (χ1) is 10.1. The zero-order valence-electron chi connectivity index (χ0n) is 13.0. The van der Waals surface area contributed by atoms with Gasteiger partial charge in [-0.25, -0.2) is 0 Å². The number of rotatable bonds is 7. The Morgan fingerprint density at radius 1 is 0.857 bits per heavy atom. The lowest BCUT2D eigenvalue weighted by atomic mass is 10.1. The van der Waals surface area contributed by atoms with Crippen LogP contribution in [0.25, 0.3) is 0 Å². The van der Waals surface area contributed by atoms with Crippen LogP contribution in [-0.2, 0) is 12.8 Å². The Balaban J connectivity index is 1.87. The number of phenols is 1. The lowest BCUT2D eigenvalue weighted by Gasteiger charge is -2.26. The predicted octanol–water partition coefficient (Wildman–Crippen LogP) is 3.89. The van der Waals surface area contributed by atoms with Crippen LogP contribution in [0.2, 0.25) is 0 Å². The molecule has 1 N–H and O–H groups in total. The highest BCUT2D eigenvalue weighted by molar-refractivity contribution is 5.27. The van der Waals surface area contributed by atoms with E-state index in [1.165, 1.54) is 11.1 Å². The molecule has 0 radical (unpaired) electrons. The van der Waals surface area contributed by atoms with Crippen LogP contribution in [0.5, 0.6) is 5.75 Å². The van der Waals surface area contributed by atoms with E-state index in [2.05, 4.69) is 55.1 Å². The molecule has 0 aliphatic carbocycles. The van der Waals surface area contributed by atoms with Crippen LogP contribution in [0, 0.1) is 0 Å². The first-order valence-corrected chi connectivity index (χ1v) is 7.71. The highest BCUT2D eigenvalue weighted by Gasteiger charge is 2.09. The van der Waals surface area contributed by atoms with Crippen LogP contribution in [0.3, 0.4) is 0 Å². The Morgan fingerprint density at radius 3 is 2.10 bits per heavy atom. The van der Waals surface area contributed by atoms with Gasteiger partial charge < -0.3 is 10.0 Å². The van der Waals surface area contributed by atoms with Crippen molar-refractivity contribution in [1.29, 1.82) is 0 Å². The van der Waals surface area contributed by atoms with Gasteiger partial charge in [-0.15, -0.1) is 0 Å². The van der Waals surface area contributed by atoms with Crippen molar-refractivity contribution in [2.24, 2.45) is 0 Å². The van der Waals surface area contributed by atoms with Gasteiger partial charge in [0.25, 0.3) is 0 Å². The van der Waals surface area contributed by atoms with E-state index in [9.17, 15) is 5.11 Å². The SMILES string of the molecule is CC(C)N(CCc1ccccc1)CCc1cccc(O)c1. The molecule has 0 saturated heterocycles. The monoisotopic (exact) mass is 283 g/mol. The van der Waals surface area contributed by atoms with E-state index in [0.29, 0.717) is 11.8 Å². The second kappa shape index (κ2) is 7.84. The molecule has 0 bridgehead atoms. The molecule has 2 heteroatoms. The fraction of sp³-hybridized carbons (Fsp3) is 0.368. The van der Waals surface area contributed by atoms with Gasteiger partial charge in [0.1, 0.15) is 5.75 Å². The molecule has 0 aliphatic heterocycles. The van der Waals surface area contributed by atoms with E-state index in [0.717, 1.165) is 25.9 Å². The van der Waals surface area contributed by atoms with Gasteiger partial charge in [-0.2, -0.15) is 0 Å². The third-order valence-electron chi connectivity index (χ3n) is 3.86. The minimum Gasteiger partial charge on any atom is -0.508 e. The fourth-order valence-electron chi connectivity index (χ4n) is 2.53. The summed E-state index contributed by atoms with van der Waals surface area (Å²) in [5.74, 6) is 0.355. The third-order valence-corrected chi connectivity index (χ3v) is 3.86. The maximum Gasteiger partial charge on any atom is 0.115 e. The highest BCUT2D eigenvalue weighted by Crippen LogP contribution is 2.13. The Bertz CT molecular complexity index is 536. The Morgan fingerprint density at radius 2 is 1.48 bits per heavy atom. The van der Waals surface area contributed by atoms with E-state index in [1.54, 1.807) is 6.07 Å². The van der Waals surface area contributed by atoms with Gasteiger partial charge in [-0.3, -0.25) is 0 Å². The molecule has 0 heterocycles. The molecule has 0 aliphatic rings. The number of nitrogens with zero attached hydrogens (tertiary/aromatic N) is 1. The van der Waals surface area contributed by atoms with Crippen molar-refractivity contribution >= 4 is 0 Å². The molecule has 0 aromatic heterocycles. The number of phenolic OH excluding ortho intramolecular Hbond substituents is 1. The van der Waals surface area contributed by atoms with Gasteiger partial charge in [0.2, 0.25) is 0 Å². The molecule has 0 atom stereocenters. The molecule has 0 unspecified atom stereocenters. The molecule has 21 heavy (non-hydrogen) atoms. The summed E-state index contributed by atoms with van der Waals surface area (Å²) < 4.78 is 0. The highest BCUT2D eigenvalue weighted by atomic mass is 16.3. The summed E-state index contributed by atoms with van der Waals surface area (Å²) in [4.78, 5) is 2.50. The topological polar surface area (TPSA) is 23.5 Å². The summed E-state index contributed by atoms with van der Waals surface area (Å²) in [7, 11) is 0. The number of aromatic hydroxyl groups is 1. The van der Waals surface area contributed by atoms with Crippen LogP contribution in [0.4, 0.5) is 0 Å². The van der Waals surface area contributed by atoms with Crippen molar-refractivity contribution in [3.05, 3.63) is 65.7 Å². The quantitative estimate of drug-likeness (QED) is 0.833. The summed E-state index contributed by atoms with van der Waals surface area (Å²) >= 11 is 0. The molecule has 0 amide bonds. The number of benzene rings is 2. The molecular weight excluding hydrogens is 258 g/mol. The van der Waals surface area contributed by atoms with Gasteiger partial charge in [-0.1, -0.05) is 42.5 Å². The Hall–Kier alpha value is -1.80. The van der Waals surface area contributed by atoms with Crippen molar-refractivity contribution in [3.8, 4) is 5.75 Å². The van der Waals surface area contributed by atoms with E-state index in [4.69, 9.17) is 0 Å². The van der Waals surface area contributed by atoms with Gasteiger partial charge in [0.05, 0.1) is 0 Å². The molecule has 2 nitrogen and oxygen atoms in total. The maximum absolute atomic E-state index is 9.53. The first kappa shape index (κ1) is 15.6. The number of hydrogen-bond acceptors (Lipinski definition) is 2. The molecule has 2 rings (SSSR count). The zero-order valence-corrected chi connectivity index (χ0v) is 13.0. The smallest absolute Gasteiger partial charge is 0.115 e. The van der Waals surface area contributed by atoms with E-state index < -0.39 is 0 Å². The van der Waals surface area contributed by atoms with Gasteiger partial charge in [-0.05, 0) is 49.9 Å². The fourth-order valence-corrected chi connectivity index (χ4v) is 2.53. The van der Waals surface area contributed by atoms with Crippen LogP contribution < -0.4 is 0 Å². The first-order valence-electron chi connectivity index (χ1n) is 7.71. The molecule has 112 valence electrons. The lowest BCUT2D eigenvalue weighted by molar-refractivity contribution is 0.227. The van der Waals surface area contributed by atoms with Crippen molar-refractivity contribution < 1.29 is 5.11 Å². The summed E-state index contributed by atoms with van der Waals surface area (Å²) in [6, 6.07) is 18.7. The molecular formula is C19H25NO. The molecule has 0 fully saturated rings. The van der Waals surface area contributed by atoms with Gasteiger partial charge >= 0.3 is 0 Å². The standard InChI is InChI=1S/C19H25NO/c1-16(2)20(13-11-17-7-4-3-5-8-17)14-12-18-9-6-10-19(21)15-18/h3-10,15-16,21H,11-14H2,1-2H3. The average Bonchev–Trinajstić information content (AvgIpc) is 2.48. The summed E-state index contributed by atoms with van der Waals surface area (Å²) in [6.45, 7) is 6.58. The van der Waals surface area contributed by atoms with Crippen LogP contribution in [0.15, 0.2) is 54.6 Å². The second-order valence-corrected chi connectivity index (χ2v) is 5.79. The largest absolute Gasteiger partial charge is 0.508 e. The van der Waals surface area contributed by atoms with E-state index >= 15 is 0 Å². The number of hydrogen-bond donors (Lipinski definition) is 1. The zero-order chi connectivity index (χ0) is 15.1. The Labute approximate surface area is 128 Å². The lowest BCUT2D eigenvalue weighted by Crippen LogP contribution is -2.34. The van der Waals surface area contributed by atoms with E-state index in [1.807, 2.05) is 12.1 Å². The molecule has 2 aromatic rings. The summed E-state index contributed by atoms with van der Waals surface area (Å²) in [5, 5.41) is 9.53. The molecule has 0 spiro atoms. The predicted molar refractivity (Wildman–Crippen MR) is 88.7 cm³/mol. The van der Waals surface area contributed by atoms with Crippen molar-refractivity contribution in [2.75, 3.05) is 13.1 Å². The van der Waals surface area contributed by atoms with Crippen LogP contribution in [-0.4, -0.2) is 29.1 Å². The van der Waals surface area contributed by atoms with Gasteiger partial charge in [0.15, 0.2) is 0 Å². The van der Waals surface area contributed by atoms with Crippen molar-refractivity contribution in [2.45, 2.75) is 32.7 Å². The van der Waals surface area contributed by atoms with Crippen molar-refractivity contribution in [3.63, 3.8) is 0 Å². The summed E-state index contributed by atoms with van der Waals surface area (Å²) in [6.07, 6.45) is 2.06. The van der Waals surface area contributed by atoms with Crippen LogP contribution >= 0.6 is 0 Å². The maximum atomic E-state index is 9.53. The average molecular weight is 283 g/mol. The Kier molecular flexibility index (Phi) is 5.82. The third kappa shape index (κ3) is 5.24. The summed E-state index contributed by atoms with van der Waals surface area (Å²) in [5.41, 5.74) is 2.58. The van der Waals surface area contributed by atoms with Crippen molar-refractivity contribution in [1.82, 2.24) is 4.90 Å². The van der Waals surface area contributed by atoms with Crippen LogP contribution in [0.1, 0.15) is 25.0 Å². The normalized spacial score (nSPS) is 11.2. The second-order valence-electron chi connectivity index (χ2n) is 5.79. The minimum absolute atomic E-state index is 0.355. The molecule has 2 aromatic carbocycles. The van der Waals surface area contributed by atoms with Gasteiger partial charge in [0, 0.05) is 19.1 Å². The molecule has 0 saturated carbocycles. The minimum atomic E-state index is 0.355. The van der Waals surface area contributed by atoms with E-state index in [-0.39, 0.29) is 0 Å².